The van der Waals surface area contributed by atoms with E-state index in [9.17, 15) is 12.9 Å². The zero-order valence-electron chi connectivity index (χ0n) is 7.21. The Kier molecular flexibility index (Phi) is 7.06. The Morgan fingerprint density at radius 1 is 1.08 bits per heavy atom. The minimum absolute atomic E-state index is 0. The van der Waals surface area contributed by atoms with Gasteiger partial charge in [0.1, 0.15) is 0 Å². The molecule has 0 bridgehead atoms. The van der Waals surface area contributed by atoms with E-state index in [4.69, 9.17) is 0 Å². The molecule has 0 nitrogen and oxygen atoms in total. The Morgan fingerprint density at radius 2 is 1.62 bits per heavy atom. The van der Waals surface area contributed by atoms with Gasteiger partial charge in [0.15, 0.2) is 0 Å². The quantitative estimate of drug-likeness (QED) is 0.527. The van der Waals surface area contributed by atoms with Crippen molar-refractivity contribution in [1.29, 1.82) is 0 Å². The summed E-state index contributed by atoms with van der Waals surface area (Å²) >= 11 is 0.830. The molecule has 0 N–H and O–H groups in total. The summed E-state index contributed by atoms with van der Waals surface area (Å²) in [6.45, 7) is -4.67. The normalized spacial score (nSPS) is 10.7. The number of hydrogen-bond acceptors (Lipinski definition) is 1. The molecule has 0 aliphatic heterocycles. The first-order chi connectivity index (χ1) is 5.58. The van der Waals surface area contributed by atoms with Crippen molar-refractivity contribution in [2.45, 2.75) is 4.90 Å². The van der Waals surface area contributed by atoms with Crippen LogP contribution in [0.3, 0.4) is 0 Å². The summed E-state index contributed by atoms with van der Waals surface area (Å²) in [6, 6.07) is 8.58. The summed E-state index contributed by atoms with van der Waals surface area (Å²) < 4.78 is 35.3. The van der Waals surface area contributed by atoms with Crippen LogP contribution in [0.1, 0.15) is 0 Å². The Morgan fingerprint density at radius 3 is 2.08 bits per heavy atom. The summed E-state index contributed by atoms with van der Waals surface area (Å²) in [4.78, 5) is 0.664. The molecule has 0 heterocycles. The number of thioether (sulfide) groups is 1. The van der Waals surface area contributed by atoms with Crippen LogP contribution >= 0.6 is 11.8 Å². The molecule has 0 atom stereocenters. The third-order valence-corrected chi connectivity index (χ3v) is 2.33. The monoisotopic (exact) mass is 230 g/mol. The van der Waals surface area contributed by atoms with E-state index in [-0.39, 0.29) is 51.4 Å². The number of benzene rings is 1. The summed E-state index contributed by atoms with van der Waals surface area (Å²) in [5, 5.41) is 0. The second kappa shape index (κ2) is 6.53. The second-order valence-corrected chi connectivity index (χ2v) is 3.43. The van der Waals surface area contributed by atoms with E-state index in [1.807, 2.05) is 0 Å². The first kappa shape index (κ1) is 14.1. The van der Waals surface area contributed by atoms with Crippen LogP contribution < -0.4 is 51.4 Å². The second-order valence-electron chi connectivity index (χ2n) is 2.33. The Labute approximate surface area is 122 Å². The van der Waals surface area contributed by atoms with E-state index < -0.39 is 12.6 Å². The van der Waals surface area contributed by atoms with Crippen LogP contribution in [0.5, 0.6) is 0 Å². The average molecular weight is 230 g/mol. The van der Waals surface area contributed by atoms with Crippen molar-refractivity contribution in [3.8, 4) is 0 Å². The largest absolute Gasteiger partial charge is 1.00 e. The van der Waals surface area contributed by atoms with Gasteiger partial charge in [-0.05, 0) is 17.8 Å². The summed E-state index contributed by atoms with van der Waals surface area (Å²) in [7, 11) is 0. The van der Waals surface area contributed by atoms with Gasteiger partial charge in [-0.1, -0.05) is 18.2 Å². The molecular weight excluding hydrogens is 223 g/mol. The van der Waals surface area contributed by atoms with E-state index in [0.29, 0.717) is 4.90 Å². The Hall–Kier alpha value is 1.06. The fraction of sp³-hybridized carbons (Fsp3) is 0.143. The van der Waals surface area contributed by atoms with Crippen LogP contribution in [0.25, 0.3) is 0 Å². The van der Waals surface area contributed by atoms with Crippen molar-refractivity contribution in [3.05, 3.63) is 30.3 Å². The average Bonchev–Trinajstić information content (AvgIpc) is 2.02. The van der Waals surface area contributed by atoms with Gasteiger partial charge in [0.25, 0.3) is 0 Å². The molecule has 6 heteroatoms. The van der Waals surface area contributed by atoms with E-state index in [2.05, 4.69) is 0 Å². The third kappa shape index (κ3) is 7.04. The van der Waals surface area contributed by atoms with Crippen LogP contribution in [0.2, 0.25) is 0 Å². The third-order valence-electron chi connectivity index (χ3n) is 1.18. The van der Waals surface area contributed by atoms with Gasteiger partial charge < -0.3 is 12.9 Å². The molecule has 0 spiro atoms. The van der Waals surface area contributed by atoms with Crippen molar-refractivity contribution in [2.24, 2.45) is 0 Å². The molecule has 1 aromatic rings. The van der Waals surface area contributed by atoms with Crippen molar-refractivity contribution < 1.29 is 64.3 Å². The molecule has 0 saturated heterocycles. The van der Waals surface area contributed by atoms with Crippen molar-refractivity contribution in [2.75, 3.05) is 5.65 Å². The van der Waals surface area contributed by atoms with Crippen LogP contribution in [-0.2, 0) is 0 Å². The SMILES string of the molecule is F[B-](F)(F)CSc1ccccc1.[K+]. The first-order valence-corrected chi connectivity index (χ1v) is 4.45. The smallest absolute Gasteiger partial charge is 0.448 e. The number of halogens is 3. The molecular formula is C7H7BF3KS. The van der Waals surface area contributed by atoms with E-state index in [1.54, 1.807) is 30.3 Å². The Bertz CT molecular complexity index is 239. The van der Waals surface area contributed by atoms with Gasteiger partial charge in [0.05, 0.1) is 0 Å². The van der Waals surface area contributed by atoms with Gasteiger partial charge in [-0.2, -0.15) is 11.8 Å². The van der Waals surface area contributed by atoms with E-state index in [1.165, 1.54) is 0 Å². The van der Waals surface area contributed by atoms with Crippen LogP contribution in [0, 0.1) is 0 Å². The molecule has 0 aliphatic rings. The molecule has 66 valence electrons. The van der Waals surface area contributed by atoms with Gasteiger partial charge in [0.2, 0.25) is 0 Å². The maximum Gasteiger partial charge on any atom is 1.00 e. The number of hydrogen-bond donors (Lipinski definition) is 0. The Balaban J connectivity index is 0.00000144. The molecule has 1 aromatic carbocycles. The predicted octanol–water partition coefficient (Wildman–Crippen LogP) is 0.169. The van der Waals surface area contributed by atoms with E-state index in [0.717, 1.165) is 11.8 Å². The standard InChI is InChI=1S/C7H7BF3S.K/c9-8(10,11)6-12-7-4-2-1-3-5-7;/h1-5H,6H2;/q-1;+1. The van der Waals surface area contributed by atoms with Gasteiger partial charge in [-0.15, -0.1) is 0 Å². The maximum absolute atomic E-state index is 11.8. The van der Waals surface area contributed by atoms with E-state index >= 15 is 0 Å². The van der Waals surface area contributed by atoms with Crippen LogP contribution in [0.15, 0.2) is 35.2 Å². The van der Waals surface area contributed by atoms with Gasteiger partial charge in [0, 0.05) is 4.90 Å². The maximum atomic E-state index is 11.8. The summed E-state index contributed by atoms with van der Waals surface area (Å²) in [5.41, 5.74) is -0.760. The minimum atomic E-state index is -4.67. The molecule has 0 aliphatic carbocycles. The molecule has 0 unspecified atom stereocenters. The molecule has 0 amide bonds. The number of rotatable bonds is 3. The molecule has 0 radical (unpaired) electrons. The van der Waals surface area contributed by atoms with Crippen LogP contribution in [0.4, 0.5) is 12.9 Å². The van der Waals surface area contributed by atoms with Crippen molar-refractivity contribution in [3.63, 3.8) is 0 Å². The van der Waals surface area contributed by atoms with Crippen LogP contribution in [-0.4, -0.2) is 12.6 Å². The van der Waals surface area contributed by atoms with Gasteiger partial charge >= 0.3 is 58.4 Å². The topological polar surface area (TPSA) is 0 Å². The summed E-state index contributed by atoms with van der Waals surface area (Å²) in [5.74, 6) is 0. The zero-order chi connectivity index (χ0) is 9.03. The minimum Gasteiger partial charge on any atom is -0.448 e. The zero-order valence-corrected chi connectivity index (χ0v) is 11.2. The fourth-order valence-electron chi connectivity index (χ4n) is 0.707. The van der Waals surface area contributed by atoms with Gasteiger partial charge in [-0.3, -0.25) is 0 Å². The van der Waals surface area contributed by atoms with Crippen molar-refractivity contribution in [1.82, 2.24) is 0 Å². The molecule has 13 heavy (non-hydrogen) atoms. The predicted molar refractivity (Wildman–Crippen MR) is 46.2 cm³/mol. The fourth-order valence-corrected chi connectivity index (χ4v) is 1.44. The van der Waals surface area contributed by atoms with Crippen molar-refractivity contribution >= 4 is 18.7 Å². The summed E-state index contributed by atoms with van der Waals surface area (Å²) in [6.07, 6.45) is 0. The molecule has 0 fully saturated rings. The first-order valence-electron chi connectivity index (χ1n) is 3.47. The molecule has 1 rings (SSSR count). The van der Waals surface area contributed by atoms with Gasteiger partial charge in [-0.25, -0.2) is 0 Å². The molecule has 0 saturated carbocycles. The molecule has 0 aromatic heterocycles.